The van der Waals surface area contributed by atoms with Crippen molar-refractivity contribution in [2.24, 2.45) is 11.7 Å². The summed E-state index contributed by atoms with van der Waals surface area (Å²) in [5.41, 5.74) is 5.62. The summed E-state index contributed by atoms with van der Waals surface area (Å²) in [7, 11) is 1.73. The smallest absolute Gasteiger partial charge is 0.225 e. The third-order valence-electron chi connectivity index (χ3n) is 3.25. The van der Waals surface area contributed by atoms with Crippen LogP contribution in [0.2, 0.25) is 0 Å². The van der Waals surface area contributed by atoms with Crippen molar-refractivity contribution in [1.29, 1.82) is 0 Å². The van der Waals surface area contributed by atoms with Crippen molar-refractivity contribution in [3.8, 4) is 0 Å². The first-order valence-electron chi connectivity index (χ1n) is 6.32. The third kappa shape index (κ3) is 4.82. The van der Waals surface area contributed by atoms with Gasteiger partial charge in [0.1, 0.15) is 0 Å². The van der Waals surface area contributed by atoms with Crippen molar-refractivity contribution in [3.05, 3.63) is 0 Å². The number of halogens is 1. The Morgan fingerprint density at radius 3 is 2.72 bits per heavy atom. The number of amides is 2. The SMILES string of the molecule is CCCCC(CN)NC(=O)C1CC(=O)N(C)C1.Cl. The van der Waals surface area contributed by atoms with Gasteiger partial charge in [-0.25, -0.2) is 0 Å². The van der Waals surface area contributed by atoms with Gasteiger partial charge in [0, 0.05) is 32.6 Å². The Balaban J connectivity index is 0.00000289. The van der Waals surface area contributed by atoms with E-state index in [2.05, 4.69) is 12.2 Å². The zero-order chi connectivity index (χ0) is 12.8. The molecule has 0 aliphatic carbocycles. The number of hydrogen-bond donors (Lipinski definition) is 2. The van der Waals surface area contributed by atoms with E-state index in [4.69, 9.17) is 5.73 Å². The summed E-state index contributed by atoms with van der Waals surface area (Å²) in [6.07, 6.45) is 3.39. The summed E-state index contributed by atoms with van der Waals surface area (Å²) in [5.74, 6) is -0.194. The minimum Gasteiger partial charge on any atom is -0.352 e. The molecule has 18 heavy (non-hydrogen) atoms. The van der Waals surface area contributed by atoms with Crippen LogP contribution in [0.5, 0.6) is 0 Å². The minimum absolute atomic E-state index is 0. The molecule has 3 N–H and O–H groups in total. The van der Waals surface area contributed by atoms with Gasteiger partial charge in [-0.05, 0) is 6.42 Å². The highest BCUT2D eigenvalue weighted by molar-refractivity contribution is 5.89. The van der Waals surface area contributed by atoms with Gasteiger partial charge >= 0.3 is 0 Å². The van der Waals surface area contributed by atoms with Crippen LogP contribution >= 0.6 is 12.4 Å². The van der Waals surface area contributed by atoms with Crippen molar-refractivity contribution >= 4 is 24.2 Å². The molecule has 5 nitrogen and oxygen atoms in total. The first-order valence-corrected chi connectivity index (χ1v) is 6.32. The zero-order valence-corrected chi connectivity index (χ0v) is 12.0. The van der Waals surface area contributed by atoms with Gasteiger partial charge in [0.05, 0.1) is 5.92 Å². The summed E-state index contributed by atoms with van der Waals surface area (Å²) in [6, 6.07) is 0.0449. The van der Waals surface area contributed by atoms with E-state index in [1.807, 2.05) is 0 Å². The molecule has 1 fully saturated rings. The van der Waals surface area contributed by atoms with Gasteiger partial charge in [0.15, 0.2) is 0 Å². The van der Waals surface area contributed by atoms with Crippen molar-refractivity contribution in [3.63, 3.8) is 0 Å². The Bertz CT molecular complexity index is 286. The van der Waals surface area contributed by atoms with Crippen LogP contribution in [0.4, 0.5) is 0 Å². The minimum atomic E-state index is -0.205. The van der Waals surface area contributed by atoms with Crippen LogP contribution in [-0.4, -0.2) is 42.9 Å². The number of nitrogens with zero attached hydrogens (tertiary/aromatic N) is 1. The van der Waals surface area contributed by atoms with E-state index < -0.39 is 0 Å². The van der Waals surface area contributed by atoms with Crippen LogP contribution in [0, 0.1) is 5.92 Å². The zero-order valence-electron chi connectivity index (χ0n) is 11.1. The lowest BCUT2D eigenvalue weighted by molar-refractivity contribution is -0.128. The van der Waals surface area contributed by atoms with Crippen molar-refractivity contribution in [2.45, 2.75) is 38.6 Å². The average Bonchev–Trinajstić information content (AvgIpc) is 2.65. The molecule has 1 saturated heterocycles. The van der Waals surface area contributed by atoms with Gasteiger partial charge in [-0.3, -0.25) is 9.59 Å². The van der Waals surface area contributed by atoms with Crippen LogP contribution in [0.15, 0.2) is 0 Å². The van der Waals surface area contributed by atoms with Gasteiger partial charge in [0.2, 0.25) is 11.8 Å². The highest BCUT2D eigenvalue weighted by Gasteiger charge is 2.32. The standard InChI is InChI=1S/C12H23N3O2.ClH/c1-3-4-5-10(7-13)14-12(17)9-6-11(16)15(2)8-9;/h9-10H,3-8,13H2,1-2H3,(H,14,17);1H. The number of carbonyl (C=O) groups is 2. The van der Waals surface area contributed by atoms with Crippen LogP contribution < -0.4 is 11.1 Å². The predicted octanol–water partition coefficient (Wildman–Crippen LogP) is 0.520. The van der Waals surface area contributed by atoms with E-state index in [0.29, 0.717) is 19.5 Å². The summed E-state index contributed by atoms with van der Waals surface area (Å²) >= 11 is 0. The molecular weight excluding hydrogens is 254 g/mol. The molecule has 1 rings (SSSR count). The van der Waals surface area contributed by atoms with Gasteiger partial charge in [-0.2, -0.15) is 0 Å². The molecule has 2 amide bonds. The molecule has 2 unspecified atom stereocenters. The second-order valence-corrected chi connectivity index (χ2v) is 4.76. The Kier molecular flexibility index (Phi) is 7.95. The molecule has 106 valence electrons. The molecule has 0 aromatic carbocycles. The summed E-state index contributed by atoms with van der Waals surface area (Å²) in [6.45, 7) is 3.10. The monoisotopic (exact) mass is 277 g/mol. The third-order valence-corrected chi connectivity index (χ3v) is 3.25. The van der Waals surface area contributed by atoms with Crippen molar-refractivity contribution in [1.82, 2.24) is 10.2 Å². The van der Waals surface area contributed by atoms with E-state index in [1.165, 1.54) is 0 Å². The molecule has 0 saturated carbocycles. The van der Waals surface area contributed by atoms with Crippen molar-refractivity contribution in [2.75, 3.05) is 20.1 Å². The number of carbonyl (C=O) groups excluding carboxylic acids is 2. The molecule has 6 heteroatoms. The predicted molar refractivity (Wildman–Crippen MR) is 73.5 cm³/mol. The Labute approximate surface area is 115 Å². The maximum absolute atomic E-state index is 11.9. The summed E-state index contributed by atoms with van der Waals surface area (Å²) in [4.78, 5) is 24.9. The fraction of sp³-hybridized carbons (Fsp3) is 0.833. The first kappa shape index (κ1) is 17.2. The number of nitrogens with one attached hydrogen (secondary N) is 1. The summed E-state index contributed by atoms with van der Waals surface area (Å²) in [5, 5.41) is 2.94. The van der Waals surface area contributed by atoms with Crippen LogP contribution in [0.3, 0.4) is 0 Å². The van der Waals surface area contributed by atoms with Crippen LogP contribution in [0.25, 0.3) is 0 Å². The van der Waals surface area contributed by atoms with Crippen molar-refractivity contribution < 1.29 is 9.59 Å². The number of likely N-dealkylation sites (tertiary alicyclic amines) is 1. The van der Waals surface area contributed by atoms with E-state index in [9.17, 15) is 9.59 Å². The first-order chi connectivity index (χ1) is 8.08. The molecule has 0 aromatic rings. The number of unbranched alkanes of at least 4 members (excludes halogenated alkanes) is 1. The Hall–Kier alpha value is -0.810. The quantitative estimate of drug-likeness (QED) is 0.743. The highest BCUT2D eigenvalue weighted by atomic mass is 35.5. The Morgan fingerprint density at radius 1 is 1.61 bits per heavy atom. The normalized spacial score (nSPS) is 20.5. The molecule has 0 bridgehead atoms. The lowest BCUT2D eigenvalue weighted by atomic mass is 10.1. The number of hydrogen-bond acceptors (Lipinski definition) is 3. The molecule has 0 aromatic heterocycles. The van der Waals surface area contributed by atoms with E-state index in [1.54, 1.807) is 11.9 Å². The van der Waals surface area contributed by atoms with Gasteiger partial charge in [-0.1, -0.05) is 19.8 Å². The molecular formula is C12H24ClN3O2. The molecule has 0 spiro atoms. The number of nitrogens with two attached hydrogens (primary N) is 1. The fourth-order valence-corrected chi connectivity index (χ4v) is 2.06. The summed E-state index contributed by atoms with van der Waals surface area (Å²) < 4.78 is 0. The number of rotatable bonds is 6. The topological polar surface area (TPSA) is 75.4 Å². The molecule has 1 aliphatic rings. The second kappa shape index (κ2) is 8.32. The van der Waals surface area contributed by atoms with Crippen LogP contribution in [0.1, 0.15) is 32.6 Å². The fourth-order valence-electron chi connectivity index (χ4n) is 2.06. The van der Waals surface area contributed by atoms with E-state index >= 15 is 0 Å². The van der Waals surface area contributed by atoms with Gasteiger partial charge < -0.3 is 16.0 Å². The molecule has 2 atom stereocenters. The van der Waals surface area contributed by atoms with Gasteiger partial charge in [0.25, 0.3) is 0 Å². The average molecular weight is 278 g/mol. The largest absolute Gasteiger partial charge is 0.352 e. The molecule has 0 radical (unpaired) electrons. The highest BCUT2D eigenvalue weighted by Crippen LogP contribution is 2.16. The van der Waals surface area contributed by atoms with E-state index in [0.717, 1.165) is 19.3 Å². The lowest BCUT2D eigenvalue weighted by Gasteiger charge is -2.18. The maximum Gasteiger partial charge on any atom is 0.225 e. The Morgan fingerprint density at radius 2 is 2.28 bits per heavy atom. The lowest BCUT2D eigenvalue weighted by Crippen LogP contribution is -2.43. The molecule has 1 aliphatic heterocycles. The molecule has 1 heterocycles. The van der Waals surface area contributed by atoms with E-state index in [-0.39, 0.29) is 36.2 Å². The van der Waals surface area contributed by atoms with Gasteiger partial charge in [-0.15, -0.1) is 12.4 Å². The maximum atomic E-state index is 11.9. The van der Waals surface area contributed by atoms with Crippen LogP contribution in [-0.2, 0) is 9.59 Å². The second-order valence-electron chi connectivity index (χ2n) is 4.76.